The van der Waals surface area contributed by atoms with Crippen LogP contribution in [0.4, 0.5) is 11.5 Å². The Morgan fingerprint density at radius 1 is 0.800 bits per heavy atom. The number of pyridine rings is 1. The molecular weight excluding hydrogens is 320 g/mol. The average molecular weight is 340 g/mol. The molecule has 0 saturated heterocycles. The normalized spacial score (nSPS) is 10.4. The van der Waals surface area contributed by atoms with Crippen molar-refractivity contribution in [2.75, 3.05) is 33.8 Å². The SMILES string of the molecule is COc1ccc(Nc2nccc3cc(OC)c(OC)c(OC)c23)cc1. The van der Waals surface area contributed by atoms with Crippen LogP contribution >= 0.6 is 0 Å². The van der Waals surface area contributed by atoms with E-state index >= 15 is 0 Å². The molecule has 3 rings (SSSR count). The summed E-state index contributed by atoms with van der Waals surface area (Å²) in [6.07, 6.45) is 1.74. The van der Waals surface area contributed by atoms with Gasteiger partial charge in [0.1, 0.15) is 11.6 Å². The highest BCUT2D eigenvalue weighted by molar-refractivity contribution is 6.01. The fraction of sp³-hybridized carbons (Fsp3) is 0.211. The van der Waals surface area contributed by atoms with Crippen molar-refractivity contribution in [3.63, 3.8) is 0 Å². The molecule has 0 fully saturated rings. The number of anilines is 2. The van der Waals surface area contributed by atoms with Gasteiger partial charge in [-0.2, -0.15) is 0 Å². The smallest absolute Gasteiger partial charge is 0.204 e. The molecule has 6 nitrogen and oxygen atoms in total. The summed E-state index contributed by atoms with van der Waals surface area (Å²) in [6, 6.07) is 11.4. The zero-order valence-electron chi connectivity index (χ0n) is 14.6. The lowest BCUT2D eigenvalue weighted by molar-refractivity contribution is 0.327. The van der Waals surface area contributed by atoms with Gasteiger partial charge in [0.2, 0.25) is 5.75 Å². The molecule has 0 aliphatic heterocycles. The molecule has 0 saturated carbocycles. The molecule has 3 aromatic rings. The van der Waals surface area contributed by atoms with Crippen molar-refractivity contribution in [3.8, 4) is 23.0 Å². The van der Waals surface area contributed by atoms with E-state index in [0.29, 0.717) is 23.1 Å². The van der Waals surface area contributed by atoms with Gasteiger partial charge in [-0.15, -0.1) is 0 Å². The molecule has 1 heterocycles. The molecule has 0 aliphatic rings. The van der Waals surface area contributed by atoms with Crippen LogP contribution in [-0.2, 0) is 0 Å². The third kappa shape index (κ3) is 3.10. The minimum atomic E-state index is 0.531. The molecule has 0 aliphatic carbocycles. The monoisotopic (exact) mass is 340 g/mol. The van der Waals surface area contributed by atoms with E-state index in [2.05, 4.69) is 10.3 Å². The third-order valence-corrected chi connectivity index (χ3v) is 3.91. The molecule has 0 amide bonds. The van der Waals surface area contributed by atoms with Crippen molar-refractivity contribution in [1.29, 1.82) is 0 Å². The van der Waals surface area contributed by atoms with Gasteiger partial charge in [-0.3, -0.25) is 0 Å². The summed E-state index contributed by atoms with van der Waals surface area (Å²) in [5.74, 6) is 3.17. The maximum absolute atomic E-state index is 5.60. The quantitative estimate of drug-likeness (QED) is 0.731. The van der Waals surface area contributed by atoms with Crippen molar-refractivity contribution >= 4 is 22.3 Å². The fourth-order valence-corrected chi connectivity index (χ4v) is 2.71. The number of methoxy groups -OCH3 is 4. The van der Waals surface area contributed by atoms with Crippen LogP contribution in [0.3, 0.4) is 0 Å². The number of hydrogen-bond donors (Lipinski definition) is 1. The lowest BCUT2D eigenvalue weighted by Crippen LogP contribution is -2.00. The Morgan fingerprint density at radius 3 is 2.12 bits per heavy atom. The molecule has 2 aromatic carbocycles. The second-order valence-corrected chi connectivity index (χ2v) is 5.26. The maximum atomic E-state index is 5.60. The number of hydrogen-bond acceptors (Lipinski definition) is 6. The Morgan fingerprint density at radius 2 is 1.52 bits per heavy atom. The van der Waals surface area contributed by atoms with Gasteiger partial charge in [-0.25, -0.2) is 4.98 Å². The van der Waals surface area contributed by atoms with Gasteiger partial charge < -0.3 is 24.3 Å². The molecule has 0 atom stereocenters. The van der Waals surface area contributed by atoms with E-state index in [1.807, 2.05) is 36.4 Å². The molecule has 1 aromatic heterocycles. The van der Waals surface area contributed by atoms with E-state index in [0.717, 1.165) is 22.2 Å². The highest BCUT2D eigenvalue weighted by atomic mass is 16.5. The zero-order chi connectivity index (χ0) is 17.8. The van der Waals surface area contributed by atoms with Crippen LogP contribution in [0.5, 0.6) is 23.0 Å². The molecule has 25 heavy (non-hydrogen) atoms. The lowest BCUT2D eigenvalue weighted by Gasteiger charge is -2.17. The summed E-state index contributed by atoms with van der Waals surface area (Å²) >= 11 is 0. The van der Waals surface area contributed by atoms with Crippen molar-refractivity contribution < 1.29 is 18.9 Å². The Kier molecular flexibility index (Phi) is 4.79. The molecule has 0 unspecified atom stereocenters. The number of fused-ring (bicyclic) bond motifs is 1. The number of benzene rings is 2. The summed E-state index contributed by atoms with van der Waals surface area (Å²) in [7, 11) is 6.42. The van der Waals surface area contributed by atoms with Gasteiger partial charge in [-0.05, 0) is 41.8 Å². The van der Waals surface area contributed by atoms with Gasteiger partial charge in [0.05, 0.1) is 33.8 Å². The van der Waals surface area contributed by atoms with Gasteiger partial charge in [-0.1, -0.05) is 0 Å². The largest absolute Gasteiger partial charge is 0.497 e. The van der Waals surface area contributed by atoms with Crippen LogP contribution in [0.15, 0.2) is 42.6 Å². The summed E-state index contributed by atoms with van der Waals surface area (Å²) in [4.78, 5) is 4.47. The van der Waals surface area contributed by atoms with Crippen LogP contribution in [0.25, 0.3) is 10.8 Å². The van der Waals surface area contributed by atoms with Crippen molar-refractivity contribution in [3.05, 3.63) is 42.6 Å². The second kappa shape index (κ2) is 7.17. The van der Waals surface area contributed by atoms with Gasteiger partial charge >= 0.3 is 0 Å². The minimum absolute atomic E-state index is 0.531. The Balaban J connectivity index is 2.14. The number of nitrogens with zero attached hydrogens (tertiary/aromatic N) is 1. The van der Waals surface area contributed by atoms with Crippen molar-refractivity contribution in [1.82, 2.24) is 4.98 Å². The van der Waals surface area contributed by atoms with E-state index in [4.69, 9.17) is 18.9 Å². The van der Waals surface area contributed by atoms with Gasteiger partial charge in [0, 0.05) is 11.9 Å². The standard InChI is InChI=1S/C19H20N2O4/c1-22-14-7-5-13(6-8-14)21-19-16-12(9-10-20-19)11-15(23-2)17(24-3)18(16)25-4/h5-11H,1-4H3,(H,20,21). The first-order valence-electron chi connectivity index (χ1n) is 7.70. The average Bonchev–Trinajstić information content (AvgIpc) is 2.67. The fourth-order valence-electron chi connectivity index (χ4n) is 2.71. The topological polar surface area (TPSA) is 61.8 Å². The van der Waals surface area contributed by atoms with Crippen LogP contribution in [0.1, 0.15) is 0 Å². The van der Waals surface area contributed by atoms with Crippen LogP contribution in [0, 0.1) is 0 Å². The predicted molar refractivity (Wildman–Crippen MR) is 97.7 cm³/mol. The van der Waals surface area contributed by atoms with E-state index in [1.54, 1.807) is 34.6 Å². The Bertz CT molecular complexity index is 879. The first kappa shape index (κ1) is 16.7. The van der Waals surface area contributed by atoms with Crippen LogP contribution in [0.2, 0.25) is 0 Å². The lowest BCUT2D eigenvalue weighted by atomic mass is 10.1. The van der Waals surface area contributed by atoms with E-state index < -0.39 is 0 Å². The molecule has 130 valence electrons. The van der Waals surface area contributed by atoms with Crippen LogP contribution in [-0.4, -0.2) is 33.4 Å². The highest BCUT2D eigenvalue weighted by Gasteiger charge is 2.19. The molecule has 0 spiro atoms. The van der Waals surface area contributed by atoms with E-state index in [9.17, 15) is 0 Å². The number of nitrogens with one attached hydrogen (secondary N) is 1. The van der Waals surface area contributed by atoms with E-state index in [-0.39, 0.29) is 0 Å². The molecule has 1 N–H and O–H groups in total. The summed E-state index contributed by atoms with van der Waals surface area (Å²) in [6.45, 7) is 0. The molecule has 6 heteroatoms. The summed E-state index contributed by atoms with van der Waals surface area (Å²) < 4.78 is 21.7. The number of ether oxygens (including phenoxy) is 4. The minimum Gasteiger partial charge on any atom is -0.497 e. The van der Waals surface area contributed by atoms with E-state index in [1.165, 1.54) is 0 Å². The molecular formula is C19H20N2O4. The van der Waals surface area contributed by atoms with Gasteiger partial charge in [0.15, 0.2) is 11.5 Å². The Labute approximate surface area is 146 Å². The number of aromatic nitrogens is 1. The predicted octanol–water partition coefficient (Wildman–Crippen LogP) is 4.01. The zero-order valence-corrected chi connectivity index (χ0v) is 14.6. The summed E-state index contributed by atoms with van der Waals surface area (Å²) in [5, 5.41) is 5.07. The maximum Gasteiger partial charge on any atom is 0.204 e. The first-order valence-corrected chi connectivity index (χ1v) is 7.70. The van der Waals surface area contributed by atoms with Crippen LogP contribution < -0.4 is 24.3 Å². The van der Waals surface area contributed by atoms with Crippen molar-refractivity contribution in [2.24, 2.45) is 0 Å². The third-order valence-electron chi connectivity index (χ3n) is 3.91. The first-order chi connectivity index (χ1) is 12.2. The molecule has 0 bridgehead atoms. The highest BCUT2D eigenvalue weighted by Crippen LogP contribution is 2.45. The van der Waals surface area contributed by atoms with Gasteiger partial charge in [0.25, 0.3) is 0 Å². The summed E-state index contributed by atoms with van der Waals surface area (Å²) in [5.41, 5.74) is 0.887. The second-order valence-electron chi connectivity index (χ2n) is 5.26. The van der Waals surface area contributed by atoms with Crippen molar-refractivity contribution in [2.45, 2.75) is 0 Å². The Hall–Kier alpha value is -3.15. The molecule has 0 radical (unpaired) electrons. The number of rotatable bonds is 6.